The Kier molecular flexibility index (Phi) is 7.29. The highest BCUT2D eigenvalue weighted by Gasteiger charge is 2.25. The van der Waals surface area contributed by atoms with Crippen molar-refractivity contribution in [3.63, 3.8) is 0 Å². The first-order chi connectivity index (χ1) is 13.6. The van der Waals surface area contributed by atoms with E-state index in [1.165, 1.54) is 35.1 Å². The number of hydrogen-bond donors (Lipinski definition) is 1. The van der Waals surface area contributed by atoms with Gasteiger partial charge in [0.15, 0.2) is 0 Å². The molecular weight excluding hydrogens is 394 g/mol. The smallest absolute Gasteiger partial charge is 0.341 e. The van der Waals surface area contributed by atoms with Crippen molar-refractivity contribution >= 4 is 45.9 Å². The molecular formula is C22H24ClNO3S. The number of anilines is 1. The summed E-state index contributed by atoms with van der Waals surface area (Å²) in [5.41, 5.74) is 2.35. The molecule has 0 aliphatic heterocycles. The van der Waals surface area contributed by atoms with Gasteiger partial charge >= 0.3 is 5.97 Å². The highest BCUT2D eigenvalue weighted by Crippen LogP contribution is 2.37. The number of amides is 1. The zero-order chi connectivity index (χ0) is 19.9. The molecule has 1 amide bonds. The van der Waals surface area contributed by atoms with Crippen LogP contribution in [0.2, 0.25) is 5.02 Å². The number of rotatable bonds is 5. The van der Waals surface area contributed by atoms with E-state index in [4.69, 9.17) is 16.3 Å². The van der Waals surface area contributed by atoms with E-state index >= 15 is 0 Å². The highest BCUT2D eigenvalue weighted by molar-refractivity contribution is 7.17. The number of ether oxygens (including phenoxy) is 1. The van der Waals surface area contributed by atoms with Crippen LogP contribution in [-0.4, -0.2) is 18.5 Å². The van der Waals surface area contributed by atoms with Crippen LogP contribution in [0.5, 0.6) is 0 Å². The second-order valence-electron chi connectivity index (χ2n) is 6.69. The Morgan fingerprint density at radius 1 is 1.18 bits per heavy atom. The Bertz CT molecular complexity index is 888. The van der Waals surface area contributed by atoms with Crippen LogP contribution in [0, 0.1) is 0 Å². The molecule has 1 N–H and O–H groups in total. The number of halogens is 1. The predicted molar refractivity (Wildman–Crippen MR) is 115 cm³/mol. The first-order valence-corrected chi connectivity index (χ1v) is 10.8. The molecule has 1 aliphatic carbocycles. The molecule has 1 heterocycles. The minimum atomic E-state index is -0.356. The lowest BCUT2D eigenvalue weighted by molar-refractivity contribution is -0.111. The standard InChI is InChI=1S/C22H24ClNO3S/c1-2-27-22(26)20-16-10-5-3-4-6-12-18(16)28-21(20)24-19(25)14-13-15-9-7-8-11-17(15)23/h7-9,11,13-14H,2-6,10,12H2,1H3,(H,24,25)/b14-13+. The molecule has 28 heavy (non-hydrogen) atoms. The van der Waals surface area contributed by atoms with Gasteiger partial charge in [0.2, 0.25) is 5.91 Å². The second-order valence-corrected chi connectivity index (χ2v) is 8.20. The van der Waals surface area contributed by atoms with E-state index < -0.39 is 0 Å². The van der Waals surface area contributed by atoms with Gasteiger partial charge in [0, 0.05) is 16.0 Å². The molecule has 0 saturated heterocycles. The van der Waals surface area contributed by atoms with Crippen molar-refractivity contribution in [2.75, 3.05) is 11.9 Å². The van der Waals surface area contributed by atoms with Crippen molar-refractivity contribution in [3.05, 3.63) is 56.9 Å². The Balaban J connectivity index is 1.85. The SMILES string of the molecule is CCOC(=O)c1c(NC(=O)/C=C/c2ccccc2Cl)sc2c1CCCCCC2. The summed E-state index contributed by atoms with van der Waals surface area (Å²) in [7, 11) is 0. The number of benzene rings is 1. The normalized spacial score (nSPS) is 14.2. The number of aryl methyl sites for hydroxylation is 1. The fourth-order valence-electron chi connectivity index (χ4n) is 3.36. The third-order valence-electron chi connectivity index (χ3n) is 4.71. The molecule has 0 saturated carbocycles. The van der Waals surface area contributed by atoms with Crippen LogP contribution in [0.25, 0.3) is 6.08 Å². The van der Waals surface area contributed by atoms with E-state index in [0.717, 1.165) is 36.8 Å². The Morgan fingerprint density at radius 2 is 1.93 bits per heavy atom. The average Bonchev–Trinajstić information content (AvgIpc) is 2.97. The third kappa shape index (κ3) is 5.03. The quantitative estimate of drug-likeness (QED) is 0.487. The minimum absolute atomic E-state index is 0.292. The van der Waals surface area contributed by atoms with E-state index in [1.54, 1.807) is 19.1 Å². The molecule has 0 bridgehead atoms. The van der Waals surface area contributed by atoms with E-state index in [-0.39, 0.29) is 11.9 Å². The van der Waals surface area contributed by atoms with Crippen molar-refractivity contribution in [2.45, 2.75) is 45.4 Å². The number of nitrogens with one attached hydrogen (secondary N) is 1. The molecule has 0 spiro atoms. The Morgan fingerprint density at radius 3 is 2.68 bits per heavy atom. The molecule has 3 rings (SSSR count). The van der Waals surface area contributed by atoms with E-state index in [1.807, 2.05) is 18.2 Å². The van der Waals surface area contributed by atoms with Gasteiger partial charge in [-0.1, -0.05) is 42.6 Å². The monoisotopic (exact) mass is 417 g/mol. The topological polar surface area (TPSA) is 55.4 Å². The van der Waals surface area contributed by atoms with Crippen molar-refractivity contribution in [3.8, 4) is 0 Å². The van der Waals surface area contributed by atoms with Gasteiger partial charge in [0.25, 0.3) is 0 Å². The average molecular weight is 418 g/mol. The number of esters is 1. The molecule has 1 aliphatic rings. The zero-order valence-corrected chi connectivity index (χ0v) is 17.5. The fourth-order valence-corrected chi connectivity index (χ4v) is 4.84. The second kappa shape index (κ2) is 9.89. The number of carbonyl (C=O) groups is 2. The summed E-state index contributed by atoms with van der Waals surface area (Å²) in [5.74, 6) is -0.648. The van der Waals surface area contributed by atoms with Crippen LogP contribution in [-0.2, 0) is 22.4 Å². The van der Waals surface area contributed by atoms with Gasteiger partial charge in [0.05, 0.1) is 12.2 Å². The first kappa shape index (κ1) is 20.6. The summed E-state index contributed by atoms with van der Waals surface area (Å²) < 4.78 is 5.27. The van der Waals surface area contributed by atoms with Crippen LogP contribution in [0.15, 0.2) is 30.3 Å². The molecule has 0 fully saturated rings. The van der Waals surface area contributed by atoms with Gasteiger partial charge in [-0.25, -0.2) is 4.79 Å². The van der Waals surface area contributed by atoms with Gasteiger partial charge in [-0.3, -0.25) is 4.79 Å². The maximum atomic E-state index is 12.6. The summed E-state index contributed by atoms with van der Waals surface area (Å²) in [6.45, 7) is 2.10. The van der Waals surface area contributed by atoms with Crippen LogP contribution in [0.3, 0.4) is 0 Å². The predicted octanol–water partition coefficient (Wildman–Crippen LogP) is 5.89. The molecule has 4 nitrogen and oxygen atoms in total. The number of fused-ring (bicyclic) bond motifs is 1. The number of thiophene rings is 1. The van der Waals surface area contributed by atoms with Crippen molar-refractivity contribution in [2.24, 2.45) is 0 Å². The molecule has 1 aromatic heterocycles. The molecule has 6 heteroatoms. The van der Waals surface area contributed by atoms with Crippen LogP contribution in [0.1, 0.15) is 59.0 Å². The Hall–Kier alpha value is -2.11. The van der Waals surface area contributed by atoms with Gasteiger partial charge in [-0.2, -0.15) is 0 Å². The lowest BCUT2D eigenvalue weighted by Gasteiger charge is -2.11. The van der Waals surface area contributed by atoms with Gasteiger partial charge < -0.3 is 10.1 Å². The molecule has 0 unspecified atom stereocenters. The maximum Gasteiger partial charge on any atom is 0.341 e. The first-order valence-electron chi connectivity index (χ1n) is 9.65. The van der Waals surface area contributed by atoms with Crippen molar-refractivity contribution in [1.82, 2.24) is 0 Å². The molecule has 148 valence electrons. The highest BCUT2D eigenvalue weighted by atomic mass is 35.5. The van der Waals surface area contributed by atoms with Crippen molar-refractivity contribution < 1.29 is 14.3 Å². The summed E-state index contributed by atoms with van der Waals surface area (Å²) in [6.07, 6.45) is 9.43. The maximum absolute atomic E-state index is 12.6. The van der Waals surface area contributed by atoms with Crippen LogP contribution < -0.4 is 5.32 Å². The molecule has 0 radical (unpaired) electrons. The van der Waals surface area contributed by atoms with Gasteiger partial charge in [-0.15, -0.1) is 11.3 Å². The molecule has 2 aromatic rings. The fraction of sp³-hybridized carbons (Fsp3) is 0.364. The zero-order valence-electron chi connectivity index (χ0n) is 15.9. The Labute approximate surface area is 174 Å². The van der Waals surface area contributed by atoms with Crippen LogP contribution >= 0.6 is 22.9 Å². The minimum Gasteiger partial charge on any atom is -0.462 e. The van der Waals surface area contributed by atoms with E-state index in [0.29, 0.717) is 22.2 Å². The summed E-state index contributed by atoms with van der Waals surface area (Å²) in [6, 6.07) is 7.32. The van der Waals surface area contributed by atoms with Gasteiger partial charge in [-0.05, 0) is 55.9 Å². The number of carbonyl (C=O) groups excluding carboxylic acids is 2. The van der Waals surface area contributed by atoms with E-state index in [2.05, 4.69) is 5.32 Å². The van der Waals surface area contributed by atoms with Gasteiger partial charge in [0.1, 0.15) is 5.00 Å². The van der Waals surface area contributed by atoms with E-state index in [9.17, 15) is 9.59 Å². The summed E-state index contributed by atoms with van der Waals surface area (Å²) in [5, 5.41) is 4.05. The molecule has 0 atom stereocenters. The van der Waals surface area contributed by atoms with Crippen molar-refractivity contribution in [1.29, 1.82) is 0 Å². The summed E-state index contributed by atoms with van der Waals surface area (Å²) >= 11 is 7.63. The largest absolute Gasteiger partial charge is 0.462 e. The number of hydrogen-bond acceptors (Lipinski definition) is 4. The third-order valence-corrected chi connectivity index (χ3v) is 6.26. The van der Waals surface area contributed by atoms with Crippen LogP contribution in [0.4, 0.5) is 5.00 Å². The lowest BCUT2D eigenvalue weighted by Crippen LogP contribution is -2.13. The molecule has 1 aromatic carbocycles. The lowest BCUT2D eigenvalue weighted by atomic mass is 9.96. The summed E-state index contributed by atoms with van der Waals surface area (Å²) in [4.78, 5) is 26.3.